The van der Waals surface area contributed by atoms with Gasteiger partial charge in [0.25, 0.3) is 5.91 Å². The predicted molar refractivity (Wildman–Crippen MR) is 62.0 cm³/mol. The Balaban J connectivity index is 2.53. The highest BCUT2D eigenvalue weighted by molar-refractivity contribution is 9.26. The standard InChI is InChI=1S/C8H10Br2N2O3/c1-5-8(9,10)7(14)12(11-5)3-4-15-6(2)13/h3-4H2,1-2H3. The third-order valence-corrected chi connectivity index (χ3v) is 3.66. The van der Waals surface area contributed by atoms with Crippen LogP contribution in [0.1, 0.15) is 13.8 Å². The lowest BCUT2D eigenvalue weighted by molar-refractivity contribution is -0.143. The van der Waals surface area contributed by atoms with Crippen LogP contribution in [-0.4, -0.2) is 39.0 Å². The molecule has 1 aliphatic heterocycles. The summed E-state index contributed by atoms with van der Waals surface area (Å²) in [5.41, 5.74) is 0.621. The second-order valence-electron chi connectivity index (χ2n) is 3.03. The van der Waals surface area contributed by atoms with Crippen LogP contribution < -0.4 is 0 Å². The van der Waals surface area contributed by atoms with Crippen molar-refractivity contribution in [3.63, 3.8) is 0 Å². The summed E-state index contributed by atoms with van der Waals surface area (Å²) in [6, 6.07) is 0. The summed E-state index contributed by atoms with van der Waals surface area (Å²) in [6.45, 7) is 3.45. The van der Waals surface area contributed by atoms with Crippen LogP contribution in [0.25, 0.3) is 0 Å². The lowest BCUT2D eigenvalue weighted by Gasteiger charge is -2.15. The topological polar surface area (TPSA) is 59.0 Å². The molecule has 84 valence electrons. The Morgan fingerprint density at radius 3 is 2.60 bits per heavy atom. The van der Waals surface area contributed by atoms with Crippen LogP contribution in [0.15, 0.2) is 5.10 Å². The molecule has 0 fully saturated rings. The molecule has 0 aliphatic carbocycles. The van der Waals surface area contributed by atoms with Crippen LogP contribution in [0.2, 0.25) is 0 Å². The largest absolute Gasteiger partial charge is 0.464 e. The van der Waals surface area contributed by atoms with Gasteiger partial charge in [-0.1, -0.05) is 31.9 Å². The number of carbonyl (C=O) groups is 2. The summed E-state index contributed by atoms with van der Waals surface area (Å²) in [5, 5.41) is 5.30. The molecule has 0 saturated carbocycles. The highest BCUT2D eigenvalue weighted by Gasteiger charge is 2.44. The van der Waals surface area contributed by atoms with Crippen molar-refractivity contribution in [2.75, 3.05) is 13.2 Å². The van der Waals surface area contributed by atoms with E-state index >= 15 is 0 Å². The Kier molecular flexibility index (Phi) is 3.88. The highest BCUT2D eigenvalue weighted by Crippen LogP contribution is 2.35. The van der Waals surface area contributed by atoms with Crippen LogP contribution in [0, 0.1) is 0 Å². The highest BCUT2D eigenvalue weighted by atomic mass is 79.9. The summed E-state index contributed by atoms with van der Waals surface area (Å²) in [7, 11) is 0. The summed E-state index contributed by atoms with van der Waals surface area (Å²) < 4.78 is 3.82. The molecule has 7 heteroatoms. The molecule has 1 heterocycles. The van der Waals surface area contributed by atoms with Crippen LogP contribution >= 0.6 is 31.9 Å². The number of nitrogens with zero attached hydrogens (tertiary/aromatic N) is 2. The second kappa shape index (κ2) is 4.61. The first-order valence-electron chi connectivity index (χ1n) is 4.24. The first-order valence-corrected chi connectivity index (χ1v) is 5.83. The number of hydrazone groups is 1. The number of ether oxygens (including phenoxy) is 1. The lowest BCUT2D eigenvalue weighted by atomic mass is 10.3. The Bertz CT molecular complexity index is 328. The quantitative estimate of drug-likeness (QED) is 0.573. The van der Waals surface area contributed by atoms with Gasteiger partial charge in [-0.15, -0.1) is 0 Å². The Hall–Kier alpha value is -0.430. The molecule has 0 saturated heterocycles. The normalized spacial score (nSPS) is 19.1. The molecule has 15 heavy (non-hydrogen) atoms. The second-order valence-corrected chi connectivity index (χ2v) is 6.47. The summed E-state index contributed by atoms with van der Waals surface area (Å²) in [6.07, 6.45) is 0. The van der Waals surface area contributed by atoms with Gasteiger partial charge in [0.1, 0.15) is 6.61 Å². The van der Waals surface area contributed by atoms with Crippen molar-refractivity contribution < 1.29 is 14.3 Å². The van der Waals surface area contributed by atoms with Crippen molar-refractivity contribution in [3.05, 3.63) is 0 Å². The number of alkyl halides is 2. The lowest BCUT2D eigenvalue weighted by Crippen LogP contribution is -2.36. The van der Waals surface area contributed by atoms with E-state index in [9.17, 15) is 9.59 Å². The first-order chi connectivity index (χ1) is 6.85. The van der Waals surface area contributed by atoms with E-state index in [-0.39, 0.29) is 25.0 Å². The number of rotatable bonds is 3. The van der Waals surface area contributed by atoms with E-state index in [4.69, 9.17) is 4.74 Å². The number of esters is 1. The maximum Gasteiger partial charge on any atom is 0.302 e. The van der Waals surface area contributed by atoms with Crippen LogP contribution in [0.4, 0.5) is 0 Å². The summed E-state index contributed by atoms with van der Waals surface area (Å²) in [5.74, 6) is -0.585. The molecule has 1 rings (SSSR count). The molecular formula is C8H10Br2N2O3. The molecule has 0 aromatic heterocycles. The number of halogens is 2. The maximum atomic E-state index is 11.7. The smallest absolute Gasteiger partial charge is 0.302 e. The zero-order chi connectivity index (χ0) is 11.6. The number of carbonyl (C=O) groups excluding carboxylic acids is 2. The Morgan fingerprint density at radius 2 is 2.20 bits per heavy atom. The van der Waals surface area contributed by atoms with E-state index in [1.54, 1.807) is 6.92 Å². The third-order valence-electron chi connectivity index (χ3n) is 1.84. The van der Waals surface area contributed by atoms with Crippen molar-refractivity contribution in [1.29, 1.82) is 0 Å². The fraction of sp³-hybridized carbons (Fsp3) is 0.625. The third kappa shape index (κ3) is 2.78. The van der Waals surface area contributed by atoms with E-state index in [2.05, 4.69) is 37.0 Å². The molecule has 1 aliphatic rings. The van der Waals surface area contributed by atoms with Crippen LogP contribution in [-0.2, 0) is 14.3 Å². The van der Waals surface area contributed by atoms with Gasteiger partial charge in [0.2, 0.25) is 0 Å². The van der Waals surface area contributed by atoms with Crippen molar-refractivity contribution >= 4 is 49.4 Å². The molecule has 0 aromatic carbocycles. The van der Waals surface area contributed by atoms with Crippen molar-refractivity contribution in [1.82, 2.24) is 5.01 Å². The minimum absolute atomic E-state index is 0.147. The number of hydrogen-bond acceptors (Lipinski definition) is 4. The molecule has 0 spiro atoms. The van der Waals surface area contributed by atoms with Crippen molar-refractivity contribution in [3.8, 4) is 0 Å². The van der Waals surface area contributed by atoms with Gasteiger partial charge < -0.3 is 4.74 Å². The molecule has 0 unspecified atom stereocenters. The van der Waals surface area contributed by atoms with Gasteiger partial charge in [0.15, 0.2) is 3.23 Å². The molecule has 0 N–H and O–H groups in total. The van der Waals surface area contributed by atoms with Gasteiger partial charge in [-0.05, 0) is 6.92 Å². The van der Waals surface area contributed by atoms with Gasteiger partial charge in [-0.25, -0.2) is 5.01 Å². The van der Waals surface area contributed by atoms with Crippen LogP contribution in [0.3, 0.4) is 0 Å². The minimum Gasteiger partial charge on any atom is -0.464 e. The number of hydrogen-bond donors (Lipinski definition) is 0. The molecule has 1 amide bonds. The van der Waals surface area contributed by atoms with Gasteiger partial charge in [-0.3, -0.25) is 9.59 Å². The zero-order valence-corrected chi connectivity index (χ0v) is 11.5. The van der Waals surface area contributed by atoms with E-state index in [0.717, 1.165) is 0 Å². The predicted octanol–water partition coefficient (Wildman–Crippen LogP) is 1.25. The fourth-order valence-corrected chi connectivity index (χ4v) is 1.60. The molecular weight excluding hydrogens is 332 g/mol. The summed E-state index contributed by atoms with van der Waals surface area (Å²) in [4.78, 5) is 22.2. The monoisotopic (exact) mass is 340 g/mol. The zero-order valence-electron chi connectivity index (χ0n) is 8.29. The first kappa shape index (κ1) is 12.6. The van der Waals surface area contributed by atoms with Crippen LogP contribution in [0.5, 0.6) is 0 Å². The average Bonchev–Trinajstić information content (AvgIpc) is 2.30. The molecule has 0 radical (unpaired) electrons. The van der Waals surface area contributed by atoms with E-state index in [0.29, 0.717) is 5.71 Å². The van der Waals surface area contributed by atoms with E-state index in [1.165, 1.54) is 11.9 Å². The molecule has 5 nitrogen and oxygen atoms in total. The minimum atomic E-state index is -0.907. The molecule has 0 aromatic rings. The SMILES string of the molecule is CC(=O)OCCN1N=C(C)C(Br)(Br)C1=O. The summed E-state index contributed by atoms with van der Waals surface area (Å²) >= 11 is 6.44. The fourth-order valence-electron chi connectivity index (χ4n) is 1.03. The Labute approximate surface area is 104 Å². The van der Waals surface area contributed by atoms with Gasteiger partial charge in [0, 0.05) is 6.92 Å². The average molecular weight is 342 g/mol. The van der Waals surface area contributed by atoms with Gasteiger partial charge in [-0.2, -0.15) is 5.10 Å². The molecule has 0 atom stereocenters. The maximum absolute atomic E-state index is 11.7. The van der Waals surface area contributed by atoms with Crippen molar-refractivity contribution in [2.45, 2.75) is 17.1 Å². The number of amides is 1. The van der Waals surface area contributed by atoms with E-state index < -0.39 is 3.23 Å². The van der Waals surface area contributed by atoms with Gasteiger partial charge >= 0.3 is 5.97 Å². The molecule has 0 bridgehead atoms. The Morgan fingerprint density at radius 1 is 1.60 bits per heavy atom. The van der Waals surface area contributed by atoms with Crippen molar-refractivity contribution in [2.24, 2.45) is 5.10 Å². The van der Waals surface area contributed by atoms with Gasteiger partial charge in [0.05, 0.1) is 12.3 Å². The van der Waals surface area contributed by atoms with E-state index in [1.807, 2.05) is 0 Å².